The van der Waals surface area contributed by atoms with Crippen molar-refractivity contribution in [2.24, 2.45) is 0 Å². The van der Waals surface area contributed by atoms with Gasteiger partial charge in [0.25, 0.3) is 5.91 Å². The molecule has 12 heteroatoms. The monoisotopic (exact) mass is 454 g/mol. The third kappa shape index (κ3) is 4.35. The maximum atomic E-state index is 12.8. The maximum Gasteiger partial charge on any atom is 0.573 e. The summed E-state index contributed by atoms with van der Waals surface area (Å²) in [5, 5.41) is 7.56. The Hall–Kier alpha value is -3.12. The summed E-state index contributed by atoms with van der Waals surface area (Å²) in [6.07, 6.45) is -4.86. The highest BCUT2D eigenvalue weighted by Gasteiger charge is 2.33. The summed E-state index contributed by atoms with van der Waals surface area (Å²) in [6.45, 7) is 0.428. The van der Waals surface area contributed by atoms with Crippen molar-refractivity contribution in [3.05, 3.63) is 54.2 Å². The second-order valence-electron chi connectivity index (χ2n) is 6.83. The molecule has 8 nitrogen and oxygen atoms in total. The second kappa shape index (κ2) is 7.85. The van der Waals surface area contributed by atoms with E-state index in [-0.39, 0.29) is 42.7 Å². The topological polar surface area (TPSA) is 95.6 Å². The number of benzene rings is 2. The Morgan fingerprint density at radius 1 is 1.00 bits per heavy atom. The summed E-state index contributed by atoms with van der Waals surface area (Å²) in [5.41, 5.74) is 0.997. The van der Waals surface area contributed by atoms with E-state index in [2.05, 4.69) is 14.9 Å². The number of nitrogens with one attached hydrogen (secondary N) is 1. The van der Waals surface area contributed by atoms with Gasteiger partial charge in [0.1, 0.15) is 5.75 Å². The number of sulfonamides is 1. The van der Waals surface area contributed by atoms with Crippen molar-refractivity contribution in [1.82, 2.24) is 19.4 Å². The summed E-state index contributed by atoms with van der Waals surface area (Å²) in [6, 6.07) is 11.2. The number of para-hydroxylation sites is 1. The van der Waals surface area contributed by atoms with Gasteiger partial charge in [-0.05, 0) is 30.3 Å². The van der Waals surface area contributed by atoms with Crippen LogP contribution in [-0.4, -0.2) is 66.3 Å². The van der Waals surface area contributed by atoms with Crippen LogP contribution in [0, 0.1) is 0 Å². The van der Waals surface area contributed by atoms with Crippen LogP contribution in [0.4, 0.5) is 13.2 Å². The Morgan fingerprint density at radius 3 is 2.29 bits per heavy atom. The molecule has 2 heterocycles. The number of rotatable bonds is 4. The highest BCUT2D eigenvalue weighted by atomic mass is 32.2. The van der Waals surface area contributed by atoms with Crippen molar-refractivity contribution in [2.75, 3.05) is 26.2 Å². The number of aromatic nitrogens is 2. The Kier molecular flexibility index (Phi) is 5.35. The van der Waals surface area contributed by atoms with Crippen LogP contribution >= 0.6 is 0 Å². The molecule has 0 saturated carbocycles. The average Bonchev–Trinajstić information content (AvgIpc) is 3.17. The molecule has 1 amide bonds. The molecule has 1 N–H and O–H groups in total. The minimum absolute atomic E-state index is 0.0528. The molecule has 0 spiro atoms. The molecule has 0 bridgehead atoms. The van der Waals surface area contributed by atoms with Crippen molar-refractivity contribution >= 4 is 26.8 Å². The minimum Gasteiger partial charge on any atom is -0.406 e. The summed E-state index contributed by atoms with van der Waals surface area (Å²) in [4.78, 5) is 14.2. The van der Waals surface area contributed by atoms with Crippen molar-refractivity contribution in [3.63, 3.8) is 0 Å². The first-order chi connectivity index (χ1) is 14.6. The number of fused-ring (bicyclic) bond motifs is 1. The van der Waals surface area contributed by atoms with Gasteiger partial charge >= 0.3 is 6.36 Å². The van der Waals surface area contributed by atoms with Gasteiger partial charge in [-0.3, -0.25) is 9.89 Å². The minimum atomic E-state index is -4.86. The highest BCUT2D eigenvalue weighted by Crippen LogP contribution is 2.26. The molecule has 1 aromatic heterocycles. The molecule has 1 aliphatic rings. The molecule has 2 aromatic carbocycles. The Bertz CT molecular complexity index is 1200. The molecule has 0 aliphatic carbocycles. The van der Waals surface area contributed by atoms with E-state index in [4.69, 9.17) is 0 Å². The van der Waals surface area contributed by atoms with Gasteiger partial charge in [0.15, 0.2) is 5.69 Å². The molecule has 1 aliphatic heterocycles. The van der Waals surface area contributed by atoms with Crippen molar-refractivity contribution in [2.45, 2.75) is 11.3 Å². The standard InChI is InChI=1S/C19H17F3N4O4S/c20-19(21,22)30-13-5-7-14(8-6-13)31(28,29)26-11-9-25(10-12-26)18(27)17-15-3-1-2-4-16(15)23-24-17/h1-8H,9-12H2,(H,23,24). The molecule has 164 valence electrons. The third-order valence-electron chi connectivity index (χ3n) is 4.89. The summed E-state index contributed by atoms with van der Waals surface area (Å²) >= 11 is 0. The van der Waals surface area contributed by atoms with E-state index < -0.39 is 22.1 Å². The van der Waals surface area contributed by atoms with Crippen LogP contribution in [0.2, 0.25) is 0 Å². The smallest absolute Gasteiger partial charge is 0.406 e. The molecule has 1 saturated heterocycles. The fourth-order valence-corrected chi connectivity index (χ4v) is 4.79. The number of carbonyl (C=O) groups is 1. The van der Waals surface area contributed by atoms with Crippen LogP contribution in [-0.2, 0) is 10.0 Å². The zero-order chi connectivity index (χ0) is 22.2. The van der Waals surface area contributed by atoms with Crippen molar-refractivity contribution < 1.29 is 31.1 Å². The molecule has 0 radical (unpaired) electrons. The number of aromatic amines is 1. The van der Waals surface area contributed by atoms with E-state index in [9.17, 15) is 26.4 Å². The Balaban J connectivity index is 1.43. The predicted octanol–water partition coefficient (Wildman–Crippen LogP) is 2.61. The molecule has 1 fully saturated rings. The van der Waals surface area contributed by atoms with Gasteiger partial charge in [-0.15, -0.1) is 13.2 Å². The summed E-state index contributed by atoms with van der Waals surface area (Å²) in [7, 11) is -3.92. The molecule has 0 unspecified atom stereocenters. The lowest BCUT2D eigenvalue weighted by molar-refractivity contribution is -0.274. The van der Waals surface area contributed by atoms with E-state index >= 15 is 0 Å². The first-order valence-corrected chi connectivity index (χ1v) is 10.7. The predicted molar refractivity (Wildman–Crippen MR) is 104 cm³/mol. The Labute approximate surface area is 175 Å². The van der Waals surface area contributed by atoms with Crippen LogP contribution < -0.4 is 4.74 Å². The van der Waals surface area contributed by atoms with Crippen molar-refractivity contribution in [1.29, 1.82) is 0 Å². The lowest BCUT2D eigenvalue weighted by atomic mass is 10.2. The van der Waals surface area contributed by atoms with Gasteiger partial charge in [-0.25, -0.2) is 8.42 Å². The van der Waals surface area contributed by atoms with E-state index in [1.54, 1.807) is 18.2 Å². The van der Waals surface area contributed by atoms with Crippen LogP contribution in [0.1, 0.15) is 10.5 Å². The van der Waals surface area contributed by atoms with Gasteiger partial charge in [-0.2, -0.15) is 9.40 Å². The van der Waals surface area contributed by atoms with Crippen molar-refractivity contribution in [3.8, 4) is 5.75 Å². The van der Waals surface area contributed by atoms with Gasteiger partial charge in [0.05, 0.1) is 10.4 Å². The number of piperazine rings is 1. The first-order valence-electron chi connectivity index (χ1n) is 9.23. The zero-order valence-corrected chi connectivity index (χ0v) is 16.8. The number of alkyl halides is 3. The number of nitrogens with zero attached hydrogens (tertiary/aromatic N) is 3. The molecule has 4 rings (SSSR count). The molecule has 0 atom stereocenters. The number of halogens is 3. The van der Waals surface area contributed by atoms with Crippen LogP contribution in [0.5, 0.6) is 5.75 Å². The Morgan fingerprint density at radius 2 is 1.65 bits per heavy atom. The zero-order valence-electron chi connectivity index (χ0n) is 16.0. The molecule has 31 heavy (non-hydrogen) atoms. The summed E-state index contributed by atoms with van der Waals surface area (Å²) in [5.74, 6) is -0.809. The van der Waals surface area contributed by atoms with Crippen LogP contribution in [0.15, 0.2) is 53.4 Å². The lowest BCUT2D eigenvalue weighted by Crippen LogP contribution is -2.50. The molecular formula is C19H17F3N4O4S. The normalized spacial score (nSPS) is 15.9. The van der Waals surface area contributed by atoms with E-state index in [1.807, 2.05) is 6.07 Å². The quantitative estimate of drug-likeness (QED) is 0.654. The number of carbonyl (C=O) groups excluding carboxylic acids is 1. The van der Waals surface area contributed by atoms with E-state index in [0.717, 1.165) is 29.8 Å². The number of H-pyrrole nitrogens is 1. The fourth-order valence-electron chi connectivity index (χ4n) is 3.37. The second-order valence-corrected chi connectivity index (χ2v) is 8.77. The van der Waals surface area contributed by atoms with Gasteiger partial charge in [0.2, 0.25) is 10.0 Å². The van der Waals surface area contributed by atoms with Gasteiger partial charge in [0, 0.05) is 31.6 Å². The maximum absolute atomic E-state index is 12.8. The van der Waals surface area contributed by atoms with Crippen LogP contribution in [0.25, 0.3) is 10.9 Å². The largest absolute Gasteiger partial charge is 0.573 e. The highest BCUT2D eigenvalue weighted by molar-refractivity contribution is 7.89. The van der Waals surface area contributed by atoms with E-state index in [1.165, 1.54) is 9.21 Å². The number of amides is 1. The number of ether oxygens (including phenoxy) is 1. The molecular weight excluding hydrogens is 437 g/mol. The fraction of sp³-hybridized carbons (Fsp3) is 0.263. The van der Waals surface area contributed by atoms with Gasteiger partial charge < -0.3 is 9.64 Å². The first kappa shape index (κ1) is 21.1. The average molecular weight is 454 g/mol. The van der Waals surface area contributed by atoms with E-state index in [0.29, 0.717) is 5.39 Å². The number of hydrogen-bond donors (Lipinski definition) is 1. The SMILES string of the molecule is O=C(c1n[nH]c2ccccc12)N1CCN(S(=O)(=O)c2ccc(OC(F)(F)F)cc2)CC1. The van der Waals surface area contributed by atoms with Crippen LogP contribution in [0.3, 0.4) is 0 Å². The third-order valence-corrected chi connectivity index (χ3v) is 6.81. The molecule has 3 aromatic rings. The lowest BCUT2D eigenvalue weighted by Gasteiger charge is -2.33. The van der Waals surface area contributed by atoms with Gasteiger partial charge in [-0.1, -0.05) is 18.2 Å². The number of hydrogen-bond acceptors (Lipinski definition) is 5. The summed E-state index contributed by atoms with van der Waals surface area (Å²) < 4.78 is 67.4.